The van der Waals surface area contributed by atoms with E-state index in [-0.39, 0.29) is 43.2 Å². The first-order valence-corrected chi connectivity index (χ1v) is 23.3. The molecule has 0 amide bonds. The van der Waals surface area contributed by atoms with Crippen molar-refractivity contribution in [3.63, 3.8) is 0 Å². The van der Waals surface area contributed by atoms with Crippen LogP contribution in [0, 0.1) is 17.8 Å². The van der Waals surface area contributed by atoms with Crippen molar-refractivity contribution < 1.29 is 67.5 Å². The van der Waals surface area contributed by atoms with Crippen LogP contribution >= 0.6 is 0 Å². The number of ether oxygens (including phenoxy) is 9. The molecule has 14 heteroatoms. The molecule has 0 aromatic heterocycles. The predicted octanol–water partition coefficient (Wildman–Crippen LogP) is 5.25. The third-order valence-corrected chi connectivity index (χ3v) is 15.9. The SMILES string of the molecule is CC1=C/[C@H](C)C[C@@]2(C)CC[C@@H](O2)[C@@]23CC[C@@](C)(C[C@@H](O2)[C@H]2O[C@](C)(CC2=O)[C@@H](O)[C@@H]2CC[C@]4(CCC[C@H](O4)[C@@H](C)C(=O)O[C@@H]4CC([C@@]5(O)OCC[C@@H](C)[C@@H]5O)O[C@@H]4/C=C\1)O2)O3. The molecular weight excluding hydrogens is 789 g/mol. The zero-order valence-corrected chi connectivity index (χ0v) is 37.2. The molecule has 0 saturated carbocycles. The van der Waals surface area contributed by atoms with Gasteiger partial charge in [0.1, 0.15) is 48.3 Å². The highest BCUT2D eigenvalue weighted by molar-refractivity contribution is 5.86. The summed E-state index contributed by atoms with van der Waals surface area (Å²) in [5.74, 6) is -5.28. The molecular formula is C47H70O14. The number of rotatable bonds is 1. The van der Waals surface area contributed by atoms with Crippen LogP contribution in [0.2, 0.25) is 0 Å². The minimum atomic E-state index is -1.95. The third-order valence-electron chi connectivity index (χ3n) is 15.9. The summed E-state index contributed by atoms with van der Waals surface area (Å²) in [6.07, 6.45) is 6.36. The minimum absolute atomic E-state index is 0.0222. The number of fused-ring (bicyclic) bond motifs is 10. The fourth-order valence-electron chi connectivity index (χ4n) is 12.5. The van der Waals surface area contributed by atoms with Crippen LogP contribution in [-0.2, 0) is 52.2 Å². The van der Waals surface area contributed by atoms with Gasteiger partial charge in [0, 0.05) is 38.5 Å². The van der Waals surface area contributed by atoms with Gasteiger partial charge in [-0.05, 0) is 97.8 Å². The van der Waals surface area contributed by atoms with Crippen LogP contribution in [0.3, 0.4) is 0 Å². The van der Waals surface area contributed by atoms with E-state index >= 15 is 0 Å². The lowest BCUT2D eigenvalue weighted by atomic mass is 9.87. The standard InChI is InChI=1S/C47H70O14/c1-26-10-11-32-34(22-37(54-32)47(52)39(49)28(3)14-20-53-47)55-41(51)29(4)31-9-8-15-45(56-31)17-12-33(57-45)40(50)44(7)24-30(48)38(60-44)35-25-43(6)18-19-46(58-35,61-43)36-13-16-42(5,59-36)23-27(2)21-26/h10-11,21,27-29,31-40,49-50,52H,8-9,12-20,22-25H2,1-7H3/b11-10-,26-21-/t27-,28+,29+,31-,32+,33-,34+,35+,36+,37?,38-,39-,40-,42+,43-,44+,45-,46-,47+/m0/s1. The molecule has 9 rings (SSSR count). The first-order chi connectivity index (χ1) is 28.7. The molecule has 9 heterocycles. The Morgan fingerprint density at radius 1 is 0.754 bits per heavy atom. The van der Waals surface area contributed by atoms with Crippen LogP contribution in [0.15, 0.2) is 23.8 Å². The number of esters is 1. The maximum Gasteiger partial charge on any atom is 0.311 e. The molecule has 0 radical (unpaired) electrons. The second kappa shape index (κ2) is 16.0. The Bertz CT molecular complexity index is 1750. The molecule has 14 nitrogen and oxygen atoms in total. The van der Waals surface area contributed by atoms with E-state index in [1.54, 1.807) is 13.8 Å². The third kappa shape index (κ3) is 8.14. The zero-order chi connectivity index (χ0) is 43.3. The summed E-state index contributed by atoms with van der Waals surface area (Å²) in [6.45, 7) is 14.1. The maximum absolute atomic E-state index is 14.1. The summed E-state index contributed by atoms with van der Waals surface area (Å²) in [4.78, 5) is 28.0. The van der Waals surface area contributed by atoms with Crippen molar-refractivity contribution in [3.8, 4) is 0 Å². The summed E-state index contributed by atoms with van der Waals surface area (Å²) in [6, 6.07) is 0. The molecule has 1 unspecified atom stereocenters. The van der Waals surface area contributed by atoms with Crippen molar-refractivity contribution >= 4 is 11.8 Å². The quantitative estimate of drug-likeness (QED) is 0.291. The Morgan fingerprint density at radius 3 is 2.34 bits per heavy atom. The first-order valence-electron chi connectivity index (χ1n) is 23.3. The lowest BCUT2D eigenvalue weighted by Crippen LogP contribution is -2.59. The second-order valence-electron chi connectivity index (χ2n) is 21.3. The van der Waals surface area contributed by atoms with Gasteiger partial charge >= 0.3 is 5.97 Å². The van der Waals surface area contributed by atoms with Gasteiger partial charge in [-0.3, -0.25) is 9.59 Å². The number of hydrogen-bond donors (Lipinski definition) is 3. The van der Waals surface area contributed by atoms with E-state index in [0.717, 1.165) is 37.7 Å². The number of ketones is 1. The van der Waals surface area contributed by atoms with Gasteiger partial charge in [0.2, 0.25) is 5.79 Å². The maximum atomic E-state index is 14.1. The topological polar surface area (TPSA) is 178 Å². The number of Topliss-reactive ketones (excluding diaryl/α,β-unsaturated/α-hetero) is 1. The molecule has 342 valence electrons. The Labute approximate surface area is 360 Å². The molecule has 61 heavy (non-hydrogen) atoms. The van der Waals surface area contributed by atoms with Gasteiger partial charge in [-0.1, -0.05) is 37.6 Å². The Hall–Kier alpha value is -1.82. The molecule has 2 spiro atoms. The van der Waals surface area contributed by atoms with Crippen LogP contribution in [0.25, 0.3) is 0 Å². The number of carbonyl (C=O) groups excluding carboxylic acids is 2. The van der Waals surface area contributed by atoms with E-state index in [1.807, 2.05) is 26.0 Å². The Balaban J connectivity index is 1.00. The lowest BCUT2D eigenvalue weighted by molar-refractivity contribution is -0.359. The predicted molar refractivity (Wildman–Crippen MR) is 218 cm³/mol. The van der Waals surface area contributed by atoms with E-state index in [4.69, 9.17) is 42.6 Å². The fourth-order valence-corrected chi connectivity index (χ4v) is 12.5. The Kier molecular flexibility index (Phi) is 11.6. The monoisotopic (exact) mass is 858 g/mol. The highest BCUT2D eigenvalue weighted by Crippen LogP contribution is 2.55. The number of hydrogen-bond acceptors (Lipinski definition) is 14. The number of aliphatic hydroxyl groups excluding tert-OH is 2. The lowest BCUT2D eigenvalue weighted by Gasteiger charge is -2.47. The van der Waals surface area contributed by atoms with E-state index in [2.05, 4.69) is 26.8 Å². The van der Waals surface area contributed by atoms with Gasteiger partial charge in [0.05, 0.1) is 42.0 Å². The molecule has 8 fully saturated rings. The van der Waals surface area contributed by atoms with Crippen molar-refractivity contribution in [3.05, 3.63) is 23.8 Å². The molecule has 0 aliphatic carbocycles. The van der Waals surface area contributed by atoms with Crippen molar-refractivity contribution in [2.24, 2.45) is 17.8 Å². The van der Waals surface area contributed by atoms with Crippen molar-refractivity contribution in [1.82, 2.24) is 0 Å². The van der Waals surface area contributed by atoms with Crippen LogP contribution in [0.5, 0.6) is 0 Å². The molecule has 3 N–H and O–H groups in total. The van der Waals surface area contributed by atoms with E-state index in [9.17, 15) is 24.9 Å². The van der Waals surface area contributed by atoms with E-state index in [0.29, 0.717) is 44.9 Å². The van der Waals surface area contributed by atoms with Gasteiger partial charge in [-0.15, -0.1) is 0 Å². The molecule has 19 atom stereocenters. The molecule has 8 saturated heterocycles. The average molecular weight is 859 g/mol. The molecule has 0 aromatic carbocycles. The second-order valence-corrected chi connectivity index (χ2v) is 21.3. The number of aliphatic hydroxyl groups is 3. The van der Waals surface area contributed by atoms with E-state index in [1.165, 1.54) is 0 Å². The van der Waals surface area contributed by atoms with Crippen LogP contribution in [0.4, 0.5) is 0 Å². The van der Waals surface area contributed by atoms with Gasteiger partial charge in [0.25, 0.3) is 0 Å². The summed E-state index contributed by atoms with van der Waals surface area (Å²) < 4.78 is 59.0. The van der Waals surface area contributed by atoms with Crippen molar-refractivity contribution in [1.29, 1.82) is 0 Å². The summed E-state index contributed by atoms with van der Waals surface area (Å²) >= 11 is 0. The fraction of sp³-hybridized carbons (Fsp3) is 0.872. The average Bonchev–Trinajstić information content (AvgIpc) is 4.02. The van der Waals surface area contributed by atoms with Gasteiger partial charge in [0.15, 0.2) is 17.4 Å². The van der Waals surface area contributed by atoms with Gasteiger partial charge < -0.3 is 58.0 Å². The Morgan fingerprint density at radius 2 is 1.54 bits per heavy atom. The highest BCUT2D eigenvalue weighted by Gasteiger charge is 2.65. The number of carbonyl (C=O) groups is 2. The molecule has 9 aliphatic rings. The highest BCUT2D eigenvalue weighted by atomic mass is 16.8. The van der Waals surface area contributed by atoms with Gasteiger partial charge in [-0.2, -0.15) is 0 Å². The number of allylic oxidation sites excluding steroid dienone is 3. The van der Waals surface area contributed by atoms with Crippen LogP contribution < -0.4 is 0 Å². The summed E-state index contributed by atoms with van der Waals surface area (Å²) in [7, 11) is 0. The van der Waals surface area contributed by atoms with Crippen LogP contribution in [0.1, 0.15) is 138 Å². The van der Waals surface area contributed by atoms with Gasteiger partial charge in [-0.25, -0.2) is 0 Å². The first kappa shape index (κ1) is 44.4. The van der Waals surface area contributed by atoms with Crippen molar-refractivity contribution in [2.75, 3.05) is 6.61 Å². The van der Waals surface area contributed by atoms with Crippen LogP contribution in [-0.4, -0.2) is 129 Å². The van der Waals surface area contributed by atoms with E-state index < -0.39 is 101 Å². The molecule has 10 bridgehead atoms. The molecule has 0 aromatic rings. The smallest absolute Gasteiger partial charge is 0.311 e. The summed E-state index contributed by atoms with van der Waals surface area (Å²) in [5.41, 5.74) is -1.17. The largest absolute Gasteiger partial charge is 0.459 e. The minimum Gasteiger partial charge on any atom is -0.459 e. The normalized spacial score (nSPS) is 55.7. The summed E-state index contributed by atoms with van der Waals surface area (Å²) in [5, 5.41) is 34.8. The van der Waals surface area contributed by atoms with Crippen molar-refractivity contribution in [2.45, 2.75) is 234 Å². The zero-order valence-electron chi connectivity index (χ0n) is 37.2. The molecule has 9 aliphatic heterocycles.